The lowest BCUT2D eigenvalue weighted by atomic mass is 10.1. The second-order valence-electron chi connectivity index (χ2n) is 6.63. The molecule has 0 aliphatic rings. The molecule has 0 spiro atoms. The highest BCUT2D eigenvalue weighted by atomic mass is 16.5. The Morgan fingerprint density at radius 3 is 2.31 bits per heavy atom. The van der Waals surface area contributed by atoms with Crippen molar-refractivity contribution in [2.75, 3.05) is 24.9 Å². The van der Waals surface area contributed by atoms with Gasteiger partial charge in [-0.2, -0.15) is 0 Å². The zero-order valence-corrected chi connectivity index (χ0v) is 17.2. The van der Waals surface area contributed by atoms with Crippen LogP contribution >= 0.6 is 0 Å². The summed E-state index contributed by atoms with van der Waals surface area (Å²) >= 11 is 0. The smallest absolute Gasteiger partial charge is 0.274 e. The lowest BCUT2D eigenvalue weighted by molar-refractivity contribution is 0.102. The first-order chi connectivity index (χ1) is 13.9. The lowest BCUT2D eigenvalue weighted by Crippen LogP contribution is -2.17. The van der Waals surface area contributed by atoms with Crippen molar-refractivity contribution in [3.05, 3.63) is 65.0 Å². The number of carbonyl (C=O) groups is 1. The first-order valence-electron chi connectivity index (χ1n) is 9.13. The van der Waals surface area contributed by atoms with Gasteiger partial charge in [0, 0.05) is 17.4 Å². The standard InChI is InChI=1S/C22H24N4O3/c1-13-7-6-8-14(2)20(13)26-21(27)18-11-15(3)23-22(25-18)24-17-10-9-16(28-4)12-19(17)29-5/h6-12H,1-5H3,(H,26,27)(H,23,24,25). The summed E-state index contributed by atoms with van der Waals surface area (Å²) in [7, 11) is 3.16. The Morgan fingerprint density at radius 1 is 0.931 bits per heavy atom. The molecule has 0 fully saturated rings. The summed E-state index contributed by atoms with van der Waals surface area (Å²) in [6, 6.07) is 12.9. The summed E-state index contributed by atoms with van der Waals surface area (Å²) in [5.41, 5.74) is 4.38. The van der Waals surface area contributed by atoms with Crippen LogP contribution in [0.4, 0.5) is 17.3 Å². The van der Waals surface area contributed by atoms with Crippen molar-refractivity contribution in [2.24, 2.45) is 0 Å². The Hall–Kier alpha value is -3.61. The van der Waals surface area contributed by atoms with Crippen molar-refractivity contribution in [3.63, 3.8) is 0 Å². The largest absolute Gasteiger partial charge is 0.497 e. The maximum absolute atomic E-state index is 12.8. The molecule has 3 rings (SSSR count). The molecule has 0 aliphatic heterocycles. The van der Waals surface area contributed by atoms with Gasteiger partial charge in [0.15, 0.2) is 0 Å². The van der Waals surface area contributed by atoms with Gasteiger partial charge >= 0.3 is 0 Å². The summed E-state index contributed by atoms with van der Waals surface area (Å²) in [6.45, 7) is 5.72. The number of anilines is 3. The molecule has 1 aromatic heterocycles. The van der Waals surface area contributed by atoms with Crippen molar-refractivity contribution in [1.29, 1.82) is 0 Å². The third kappa shape index (κ3) is 4.63. The van der Waals surface area contributed by atoms with E-state index >= 15 is 0 Å². The zero-order valence-electron chi connectivity index (χ0n) is 17.2. The second-order valence-corrected chi connectivity index (χ2v) is 6.63. The maximum atomic E-state index is 12.8. The van der Waals surface area contributed by atoms with E-state index in [1.807, 2.05) is 39.0 Å². The number of hydrogen-bond donors (Lipinski definition) is 2. The van der Waals surface area contributed by atoms with E-state index in [9.17, 15) is 4.79 Å². The van der Waals surface area contributed by atoms with Crippen LogP contribution < -0.4 is 20.1 Å². The Bertz CT molecular complexity index is 1030. The van der Waals surface area contributed by atoms with Gasteiger partial charge in [0.05, 0.1) is 19.9 Å². The van der Waals surface area contributed by atoms with Gasteiger partial charge in [-0.15, -0.1) is 0 Å². The Morgan fingerprint density at radius 2 is 1.66 bits per heavy atom. The molecule has 1 heterocycles. The zero-order chi connectivity index (χ0) is 21.0. The number of aryl methyl sites for hydroxylation is 3. The van der Waals surface area contributed by atoms with Gasteiger partial charge in [0.25, 0.3) is 5.91 Å². The van der Waals surface area contributed by atoms with Crippen molar-refractivity contribution in [1.82, 2.24) is 9.97 Å². The molecule has 150 valence electrons. The number of nitrogens with one attached hydrogen (secondary N) is 2. The van der Waals surface area contributed by atoms with Crippen LogP contribution in [0.25, 0.3) is 0 Å². The number of hydrogen-bond acceptors (Lipinski definition) is 6. The van der Waals surface area contributed by atoms with Crippen LogP contribution in [-0.4, -0.2) is 30.1 Å². The second kappa shape index (κ2) is 8.60. The highest BCUT2D eigenvalue weighted by molar-refractivity contribution is 6.04. The molecule has 2 N–H and O–H groups in total. The van der Waals surface area contributed by atoms with Crippen molar-refractivity contribution in [2.45, 2.75) is 20.8 Å². The molecule has 3 aromatic rings. The van der Waals surface area contributed by atoms with Gasteiger partial charge in [-0.3, -0.25) is 4.79 Å². The summed E-state index contributed by atoms with van der Waals surface area (Å²) in [5, 5.41) is 6.07. The molecule has 1 amide bonds. The van der Waals surface area contributed by atoms with Crippen LogP contribution in [-0.2, 0) is 0 Å². The minimum Gasteiger partial charge on any atom is -0.497 e. The fourth-order valence-electron chi connectivity index (χ4n) is 2.95. The predicted molar refractivity (Wildman–Crippen MR) is 113 cm³/mol. The van der Waals surface area contributed by atoms with Crippen LogP contribution in [0.2, 0.25) is 0 Å². The number of para-hydroxylation sites is 1. The maximum Gasteiger partial charge on any atom is 0.274 e. The number of aromatic nitrogens is 2. The number of nitrogens with zero attached hydrogens (tertiary/aromatic N) is 2. The van der Waals surface area contributed by atoms with Crippen LogP contribution in [0.1, 0.15) is 27.3 Å². The number of amides is 1. The van der Waals surface area contributed by atoms with Gasteiger partial charge in [-0.05, 0) is 50.1 Å². The molecule has 0 radical (unpaired) electrons. The molecule has 0 bridgehead atoms. The monoisotopic (exact) mass is 392 g/mol. The van der Waals surface area contributed by atoms with E-state index in [0.29, 0.717) is 28.8 Å². The van der Waals surface area contributed by atoms with E-state index in [1.54, 1.807) is 38.5 Å². The van der Waals surface area contributed by atoms with E-state index in [1.165, 1.54) is 0 Å². The molecule has 0 saturated carbocycles. The molecule has 0 unspecified atom stereocenters. The van der Waals surface area contributed by atoms with E-state index in [0.717, 1.165) is 16.8 Å². The predicted octanol–water partition coefficient (Wildman–Crippen LogP) is 4.41. The Labute approximate surface area is 170 Å². The average molecular weight is 392 g/mol. The fourth-order valence-corrected chi connectivity index (χ4v) is 2.95. The molecular formula is C22H24N4O3. The molecule has 7 nitrogen and oxygen atoms in total. The van der Waals surface area contributed by atoms with Crippen molar-refractivity contribution < 1.29 is 14.3 Å². The number of ether oxygens (including phenoxy) is 2. The quantitative estimate of drug-likeness (QED) is 0.646. The molecule has 0 atom stereocenters. The first-order valence-corrected chi connectivity index (χ1v) is 9.13. The molecule has 29 heavy (non-hydrogen) atoms. The summed E-state index contributed by atoms with van der Waals surface area (Å²) in [5.74, 6) is 1.26. The normalized spacial score (nSPS) is 10.4. The molecular weight excluding hydrogens is 368 g/mol. The lowest BCUT2D eigenvalue weighted by Gasteiger charge is -2.14. The van der Waals surface area contributed by atoms with E-state index in [2.05, 4.69) is 20.6 Å². The molecule has 7 heteroatoms. The minimum atomic E-state index is -0.294. The average Bonchev–Trinajstić information content (AvgIpc) is 2.70. The summed E-state index contributed by atoms with van der Waals surface area (Å²) in [4.78, 5) is 21.6. The Kier molecular flexibility index (Phi) is 5.97. The van der Waals surface area contributed by atoms with E-state index in [-0.39, 0.29) is 11.6 Å². The highest BCUT2D eigenvalue weighted by Crippen LogP contribution is 2.30. The third-order valence-corrected chi connectivity index (χ3v) is 4.46. The minimum absolute atomic E-state index is 0.273. The van der Waals surface area contributed by atoms with Crippen LogP contribution in [0.5, 0.6) is 11.5 Å². The van der Waals surface area contributed by atoms with Crippen LogP contribution in [0, 0.1) is 20.8 Å². The SMILES string of the molecule is COc1ccc(Nc2nc(C)cc(C(=O)Nc3c(C)cccc3C)n2)c(OC)c1. The molecule has 0 saturated heterocycles. The van der Waals surface area contributed by atoms with Gasteiger partial charge < -0.3 is 20.1 Å². The van der Waals surface area contributed by atoms with Gasteiger partial charge in [0.2, 0.25) is 5.95 Å². The number of carbonyl (C=O) groups excluding carboxylic acids is 1. The summed E-state index contributed by atoms with van der Waals surface area (Å²) < 4.78 is 10.6. The van der Waals surface area contributed by atoms with Crippen LogP contribution in [0.3, 0.4) is 0 Å². The van der Waals surface area contributed by atoms with Crippen molar-refractivity contribution >= 4 is 23.2 Å². The number of benzene rings is 2. The number of rotatable bonds is 6. The van der Waals surface area contributed by atoms with Crippen molar-refractivity contribution in [3.8, 4) is 11.5 Å². The molecule has 0 aliphatic carbocycles. The van der Waals surface area contributed by atoms with Gasteiger partial charge in [-0.25, -0.2) is 9.97 Å². The van der Waals surface area contributed by atoms with E-state index < -0.39 is 0 Å². The third-order valence-electron chi connectivity index (χ3n) is 4.46. The first kappa shape index (κ1) is 20.1. The number of methoxy groups -OCH3 is 2. The van der Waals surface area contributed by atoms with Gasteiger partial charge in [0.1, 0.15) is 17.2 Å². The summed E-state index contributed by atoms with van der Waals surface area (Å²) in [6.07, 6.45) is 0. The van der Waals surface area contributed by atoms with E-state index in [4.69, 9.17) is 9.47 Å². The van der Waals surface area contributed by atoms with Crippen LogP contribution in [0.15, 0.2) is 42.5 Å². The topological polar surface area (TPSA) is 85.4 Å². The molecule has 2 aromatic carbocycles. The fraction of sp³-hybridized carbons (Fsp3) is 0.227. The highest BCUT2D eigenvalue weighted by Gasteiger charge is 2.14. The van der Waals surface area contributed by atoms with Gasteiger partial charge in [-0.1, -0.05) is 18.2 Å². The Balaban J connectivity index is 1.88.